The third-order valence-electron chi connectivity index (χ3n) is 4.38. The molecule has 0 radical (unpaired) electrons. The normalized spacial score (nSPS) is 28.4. The first-order valence-electron chi connectivity index (χ1n) is 7.21. The molecule has 1 N–H and O–H groups in total. The number of aliphatic hydroxyl groups is 1. The molecule has 0 unspecified atom stereocenters. The molecule has 0 saturated heterocycles. The molecule has 1 aromatic rings. The summed E-state index contributed by atoms with van der Waals surface area (Å²) < 4.78 is 5.37. The summed E-state index contributed by atoms with van der Waals surface area (Å²) in [5, 5.41) is 10.8. The molecule has 0 aromatic heterocycles. The minimum absolute atomic E-state index is 0.162. The molecular weight excluding hydrogens is 236 g/mol. The van der Waals surface area contributed by atoms with Crippen molar-refractivity contribution in [2.24, 2.45) is 0 Å². The van der Waals surface area contributed by atoms with Crippen LogP contribution >= 0.6 is 0 Å². The van der Waals surface area contributed by atoms with Crippen LogP contribution in [-0.2, 0) is 15.8 Å². The lowest BCUT2D eigenvalue weighted by atomic mass is 9.77. The Kier molecular flexibility index (Phi) is 4.03. The Labute approximate surface area is 116 Å². The van der Waals surface area contributed by atoms with E-state index in [4.69, 9.17) is 4.74 Å². The molecule has 1 fully saturated rings. The Balaban J connectivity index is 2.14. The highest BCUT2D eigenvalue weighted by molar-refractivity contribution is 5.31. The summed E-state index contributed by atoms with van der Waals surface area (Å²) in [7, 11) is 1.76. The summed E-state index contributed by atoms with van der Waals surface area (Å²) >= 11 is 0. The van der Waals surface area contributed by atoms with Crippen molar-refractivity contribution in [3.63, 3.8) is 0 Å². The quantitative estimate of drug-likeness (QED) is 0.879. The van der Waals surface area contributed by atoms with Crippen LogP contribution in [0.5, 0.6) is 0 Å². The van der Waals surface area contributed by atoms with E-state index in [9.17, 15) is 5.11 Å². The lowest BCUT2D eigenvalue weighted by Gasteiger charge is -2.36. The second-order valence-corrected chi connectivity index (χ2v) is 6.79. The van der Waals surface area contributed by atoms with Crippen LogP contribution < -0.4 is 0 Å². The third kappa shape index (κ3) is 3.18. The van der Waals surface area contributed by atoms with E-state index >= 15 is 0 Å². The molecule has 2 nitrogen and oxygen atoms in total. The first-order chi connectivity index (χ1) is 8.85. The fraction of sp³-hybridized carbons (Fsp3) is 0.647. The molecule has 0 bridgehead atoms. The topological polar surface area (TPSA) is 29.5 Å². The molecule has 1 saturated carbocycles. The third-order valence-corrected chi connectivity index (χ3v) is 4.38. The zero-order valence-electron chi connectivity index (χ0n) is 12.6. The zero-order valence-corrected chi connectivity index (χ0v) is 12.6. The van der Waals surface area contributed by atoms with Gasteiger partial charge >= 0.3 is 0 Å². The van der Waals surface area contributed by atoms with Gasteiger partial charge in [0.05, 0.1) is 11.7 Å². The van der Waals surface area contributed by atoms with Crippen LogP contribution in [0, 0.1) is 0 Å². The van der Waals surface area contributed by atoms with Gasteiger partial charge in [0.15, 0.2) is 0 Å². The van der Waals surface area contributed by atoms with Gasteiger partial charge in [-0.25, -0.2) is 0 Å². The van der Waals surface area contributed by atoms with Crippen LogP contribution in [-0.4, -0.2) is 18.3 Å². The predicted octanol–water partition coefficient (Wildman–Crippen LogP) is 3.76. The Morgan fingerprint density at radius 2 is 1.63 bits per heavy atom. The van der Waals surface area contributed by atoms with Crippen LogP contribution in [0.25, 0.3) is 0 Å². The minimum Gasteiger partial charge on any atom is -0.385 e. The van der Waals surface area contributed by atoms with Gasteiger partial charge in [-0.15, -0.1) is 0 Å². The molecule has 2 rings (SSSR count). The average molecular weight is 262 g/mol. The molecule has 19 heavy (non-hydrogen) atoms. The lowest BCUT2D eigenvalue weighted by Crippen LogP contribution is -2.34. The van der Waals surface area contributed by atoms with Gasteiger partial charge in [0.1, 0.15) is 0 Å². The van der Waals surface area contributed by atoms with E-state index in [1.807, 2.05) is 0 Å². The summed E-state index contributed by atoms with van der Waals surface area (Å²) in [6, 6.07) is 8.48. The summed E-state index contributed by atoms with van der Waals surface area (Å²) in [6.45, 7) is 6.63. The number of rotatable bonds is 2. The van der Waals surface area contributed by atoms with Crippen molar-refractivity contribution >= 4 is 0 Å². The van der Waals surface area contributed by atoms with Gasteiger partial charge in [-0.05, 0) is 42.2 Å². The minimum atomic E-state index is -0.661. The molecule has 1 aliphatic rings. The van der Waals surface area contributed by atoms with Crippen LogP contribution in [0.4, 0.5) is 0 Å². The fourth-order valence-electron chi connectivity index (χ4n) is 2.87. The van der Waals surface area contributed by atoms with Crippen molar-refractivity contribution in [2.75, 3.05) is 7.11 Å². The molecule has 2 heteroatoms. The highest BCUT2D eigenvalue weighted by Gasteiger charge is 2.34. The van der Waals surface area contributed by atoms with Crippen LogP contribution in [0.3, 0.4) is 0 Å². The van der Waals surface area contributed by atoms with E-state index in [2.05, 4.69) is 45.0 Å². The lowest BCUT2D eigenvalue weighted by molar-refractivity contribution is -0.0474. The van der Waals surface area contributed by atoms with Crippen molar-refractivity contribution in [1.82, 2.24) is 0 Å². The monoisotopic (exact) mass is 262 g/mol. The van der Waals surface area contributed by atoms with Crippen molar-refractivity contribution in [2.45, 2.75) is 63.6 Å². The Morgan fingerprint density at radius 1 is 1.11 bits per heavy atom. The number of hydrogen-bond donors (Lipinski definition) is 1. The van der Waals surface area contributed by atoms with Gasteiger partial charge in [-0.1, -0.05) is 45.0 Å². The Hall–Kier alpha value is -0.860. The van der Waals surface area contributed by atoms with E-state index in [0.29, 0.717) is 6.10 Å². The van der Waals surface area contributed by atoms with E-state index in [1.165, 1.54) is 5.56 Å². The summed E-state index contributed by atoms with van der Waals surface area (Å²) in [6.07, 6.45) is 3.78. The maximum atomic E-state index is 10.8. The second kappa shape index (κ2) is 5.26. The molecule has 1 aliphatic carbocycles. The van der Waals surface area contributed by atoms with Gasteiger partial charge in [0.2, 0.25) is 0 Å². The molecular formula is C17H26O2. The highest BCUT2D eigenvalue weighted by atomic mass is 16.5. The van der Waals surface area contributed by atoms with E-state index < -0.39 is 5.60 Å². The molecule has 0 amide bonds. The first-order valence-corrected chi connectivity index (χ1v) is 7.21. The number of hydrogen-bond acceptors (Lipinski definition) is 2. The highest BCUT2D eigenvalue weighted by Crippen LogP contribution is 2.38. The molecule has 1 aromatic carbocycles. The summed E-state index contributed by atoms with van der Waals surface area (Å²) in [5.74, 6) is 0. The standard InChI is InChI=1S/C17H26O2/c1-16(2,3)13-5-7-14(8-6-13)17(18)11-9-15(19-4)10-12-17/h5-8,15,18H,9-12H2,1-4H3. The van der Waals surface area contributed by atoms with Gasteiger partial charge in [0.25, 0.3) is 0 Å². The first kappa shape index (κ1) is 14.5. The molecule has 106 valence electrons. The SMILES string of the molecule is COC1CCC(O)(c2ccc(C(C)(C)C)cc2)CC1. The molecule has 0 atom stereocenters. The number of methoxy groups -OCH3 is 1. The van der Waals surface area contributed by atoms with Gasteiger partial charge in [-0.3, -0.25) is 0 Å². The molecule has 0 aliphatic heterocycles. The summed E-state index contributed by atoms with van der Waals surface area (Å²) in [4.78, 5) is 0. The predicted molar refractivity (Wildman–Crippen MR) is 78.3 cm³/mol. The summed E-state index contributed by atoms with van der Waals surface area (Å²) in [5.41, 5.74) is 1.86. The van der Waals surface area contributed by atoms with Crippen molar-refractivity contribution in [1.29, 1.82) is 0 Å². The van der Waals surface area contributed by atoms with E-state index in [-0.39, 0.29) is 5.41 Å². The smallest absolute Gasteiger partial charge is 0.0898 e. The van der Waals surface area contributed by atoms with Gasteiger partial charge < -0.3 is 9.84 Å². The fourth-order valence-corrected chi connectivity index (χ4v) is 2.87. The maximum Gasteiger partial charge on any atom is 0.0898 e. The second-order valence-electron chi connectivity index (χ2n) is 6.79. The van der Waals surface area contributed by atoms with E-state index in [0.717, 1.165) is 31.2 Å². The Morgan fingerprint density at radius 3 is 2.05 bits per heavy atom. The molecule has 0 spiro atoms. The Bertz CT molecular complexity index is 406. The van der Waals surface area contributed by atoms with Crippen molar-refractivity contribution < 1.29 is 9.84 Å². The van der Waals surface area contributed by atoms with Crippen LogP contribution in [0.2, 0.25) is 0 Å². The molecule has 0 heterocycles. The van der Waals surface area contributed by atoms with Crippen LogP contribution in [0.1, 0.15) is 57.6 Å². The van der Waals surface area contributed by atoms with Gasteiger partial charge in [-0.2, -0.15) is 0 Å². The van der Waals surface area contributed by atoms with Crippen LogP contribution in [0.15, 0.2) is 24.3 Å². The van der Waals surface area contributed by atoms with Crippen molar-refractivity contribution in [3.8, 4) is 0 Å². The van der Waals surface area contributed by atoms with Crippen molar-refractivity contribution in [3.05, 3.63) is 35.4 Å². The largest absolute Gasteiger partial charge is 0.385 e. The maximum absolute atomic E-state index is 10.8. The number of benzene rings is 1. The number of ether oxygens (including phenoxy) is 1. The zero-order chi connectivity index (χ0) is 14.1. The average Bonchev–Trinajstić information content (AvgIpc) is 2.39. The van der Waals surface area contributed by atoms with E-state index in [1.54, 1.807) is 7.11 Å². The van der Waals surface area contributed by atoms with Gasteiger partial charge in [0, 0.05) is 7.11 Å².